The maximum atomic E-state index is 11.5. The molecular formula is C21H16O2. The first-order chi connectivity index (χ1) is 11.3. The number of aldehydes is 2. The van der Waals surface area contributed by atoms with Crippen LogP contribution in [0, 0.1) is 6.92 Å². The van der Waals surface area contributed by atoms with Crippen LogP contribution in [0.5, 0.6) is 0 Å². The van der Waals surface area contributed by atoms with Crippen molar-refractivity contribution in [3.05, 3.63) is 83.4 Å². The second-order valence-electron chi connectivity index (χ2n) is 5.41. The molecule has 0 aliphatic heterocycles. The minimum Gasteiger partial charge on any atom is -0.298 e. The molecule has 0 saturated heterocycles. The van der Waals surface area contributed by atoms with Crippen molar-refractivity contribution in [2.24, 2.45) is 0 Å². The molecule has 0 unspecified atom stereocenters. The number of benzene rings is 3. The van der Waals surface area contributed by atoms with Gasteiger partial charge < -0.3 is 0 Å². The van der Waals surface area contributed by atoms with Crippen LogP contribution in [-0.4, -0.2) is 12.6 Å². The predicted molar refractivity (Wildman–Crippen MR) is 92.8 cm³/mol. The summed E-state index contributed by atoms with van der Waals surface area (Å²) < 4.78 is 0. The Bertz CT molecular complexity index is 852. The lowest BCUT2D eigenvalue weighted by Gasteiger charge is -2.15. The maximum absolute atomic E-state index is 11.5. The number of aryl methyl sites for hydroxylation is 1. The molecule has 0 radical (unpaired) electrons. The van der Waals surface area contributed by atoms with E-state index in [1.807, 2.05) is 36.4 Å². The van der Waals surface area contributed by atoms with E-state index in [0.717, 1.165) is 34.8 Å². The van der Waals surface area contributed by atoms with Gasteiger partial charge in [-0.15, -0.1) is 0 Å². The van der Waals surface area contributed by atoms with Gasteiger partial charge in [-0.3, -0.25) is 9.59 Å². The van der Waals surface area contributed by atoms with Crippen LogP contribution in [-0.2, 0) is 0 Å². The Hall–Kier alpha value is -3.00. The summed E-state index contributed by atoms with van der Waals surface area (Å²) in [6.07, 6.45) is 1.61. The lowest BCUT2D eigenvalue weighted by molar-refractivity contribution is 0.112. The summed E-state index contributed by atoms with van der Waals surface area (Å²) in [5.41, 5.74) is 5.90. The molecule has 3 aromatic rings. The molecule has 0 aliphatic rings. The van der Waals surface area contributed by atoms with Gasteiger partial charge in [0.05, 0.1) is 0 Å². The first-order valence-electron chi connectivity index (χ1n) is 7.45. The third-order valence-electron chi connectivity index (χ3n) is 4.01. The minimum atomic E-state index is 0.524. The summed E-state index contributed by atoms with van der Waals surface area (Å²) in [4.78, 5) is 22.9. The van der Waals surface area contributed by atoms with E-state index < -0.39 is 0 Å². The highest BCUT2D eigenvalue weighted by Gasteiger charge is 2.15. The van der Waals surface area contributed by atoms with Crippen molar-refractivity contribution in [1.82, 2.24) is 0 Å². The Morgan fingerprint density at radius 2 is 1.13 bits per heavy atom. The van der Waals surface area contributed by atoms with Crippen LogP contribution in [0.4, 0.5) is 0 Å². The molecule has 0 saturated carbocycles. The third kappa shape index (κ3) is 2.71. The van der Waals surface area contributed by atoms with E-state index in [1.165, 1.54) is 0 Å². The van der Waals surface area contributed by atoms with Crippen LogP contribution < -0.4 is 0 Å². The first-order valence-corrected chi connectivity index (χ1v) is 7.45. The van der Waals surface area contributed by atoms with Gasteiger partial charge in [-0.2, -0.15) is 0 Å². The molecule has 0 aliphatic carbocycles. The van der Waals surface area contributed by atoms with Crippen LogP contribution in [0.2, 0.25) is 0 Å². The Balaban J connectivity index is 2.34. The average molecular weight is 300 g/mol. The average Bonchev–Trinajstić information content (AvgIpc) is 2.61. The normalized spacial score (nSPS) is 10.3. The van der Waals surface area contributed by atoms with E-state index in [4.69, 9.17) is 0 Å². The molecule has 0 spiro atoms. The van der Waals surface area contributed by atoms with Gasteiger partial charge in [0, 0.05) is 16.7 Å². The topological polar surface area (TPSA) is 34.1 Å². The fourth-order valence-corrected chi connectivity index (χ4v) is 2.91. The van der Waals surface area contributed by atoms with Crippen molar-refractivity contribution < 1.29 is 9.59 Å². The fourth-order valence-electron chi connectivity index (χ4n) is 2.91. The van der Waals surface area contributed by atoms with Gasteiger partial charge in [-0.05, 0) is 29.2 Å². The first kappa shape index (κ1) is 14.9. The molecule has 0 fully saturated rings. The summed E-state index contributed by atoms with van der Waals surface area (Å²) in [6.45, 7) is 2.05. The van der Waals surface area contributed by atoms with Gasteiger partial charge in [0.1, 0.15) is 0 Å². The molecule has 23 heavy (non-hydrogen) atoms. The number of hydrogen-bond donors (Lipinski definition) is 0. The van der Waals surface area contributed by atoms with Gasteiger partial charge in [-0.25, -0.2) is 0 Å². The van der Waals surface area contributed by atoms with E-state index in [-0.39, 0.29) is 0 Å². The molecule has 0 aromatic heterocycles. The predicted octanol–water partition coefficient (Wildman–Crippen LogP) is 4.95. The van der Waals surface area contributed by atoms with E-state index in [9.17, 15) is 9.59 Å². The molecule has 0 heterocycles. The van der Waals surface area contributed by atoms with E-state index >= 15 is 0 Å². The van der Waals surface area contributed by atoms with Crippen LogP contribution in [0.1, 0.15) is 26.3 Å². The quantitative estimate of drug-likeness (QED) is 0.639. The van der Waals surface area contributed by atoms with Crippen molar-refractivity contribution in [3.63, 3.8) is 0 Å². The van der Waals surface area contributed by atoms with Gasteiger partial charge in [0.2, 0.25) is 0 Å². The van der Waals surface area contributed by atoms with Gasteiger partial charge in [0.15, 0.2) is 12.6 Å². The second kappa shape index (κ2) is 6.41. The molecule has 3 rings (SSSR count). The number of carbonyl (C=O) groups is 2. The molecule has 3 aromatic carbocycles. The standard InChI is InChI=1S/C21H16O2/c1-15-7-2-3-10-18(15)19-11-4-5-12-20(19)21-16(13-22)8-6-9-17(21)14-23/h2-14H,1H3. The zero-order valence-corrected chi connectivity index (χ0v) is 12.8. The van der Waals surface area contributed by atoms with E-state index in [0.29, 0.717) is 16.7 Å². The SMILES string of the molecule is Cc1ccccc1-c1ccccc1-c1c(C=O)cccc1C=O. The van der Waals surface area contributed by atoms with Crippen molar-refractivity contribution in [3.8, 4) is 22.3 Å². The Morgan fingerprint density at radius 3 is 1.70 bits per heavy atom. The summed E-state index contributed by atoms with van der Waals surface area (Å²) in [6, 6.07) is 21.2. The summed E-state index contributed by atoms with van der Waals surface area (Å²) in [7, 11) is 0. The fraction of sp³-hybridized carbons (Fsp3) is 0.0476. The lowest BCUT2D eigenvalue weighted by atomic mass is 9.88. The zero-order valence-electron chi connectivity index (χ0n) is 12.8. The second-order valence-corrected chi connectivity index (χ2v) is 5.41. The van der Waals surface area contributed by atoms with Gasteiger partial charge >= 0.3 is 0 Å². The molecule has 0 amide bonds. The summed E-state index contributed by atoms with van der Waals surface area (Å²) >= 11 is 0. The van der Waals surface area contributed by atoms with Gasteiger partial charge in [0.25, 0.3) is 0 Å². The van der Waals surface area contributed by atoms with E-state index in [2.05, 4.69) is 19.1 Å². The monoisotopic (exact) mass is 300 g/mol. The van der Waals surface area contributed by atoms with Crippen molar-refractivity contribution in [2.75, 3.05) is 0 Å². The highest BCUT2D eigenvalue weighted by Crippen LogP contribution is 2.36. The van der Waals surface area contributed by atoms with Crippen molar-refractivity contribution in [2.45, 2.75) is 6.92 Å². The maximum Gasteiger partial charge on any atom is 0.150 e. The third-order valence-corrected chi connectivity index (χ3v) is 4.01. The van der Waals surface area contributed by atoms with Crippen LogP contribution >= 0.6 is 0 Å². The number of rotatable bonds is 4. The lowest BCUT2D eigenvalue weighted by Crippen LogP contribution is -1.96. The molecule has 0 N–H and O–H groups in total. The Morgan fingerprint density at radius 1 is 0.609 bits per heavy atom. The molecule has 2 nitrogen and oxygen atoms in total. The molecule has 2 heteroatoms. The Kier molecular flexibility index (Phi) is 4.15. The molecule has 0 atom stereocenters. The molecule has 0 bridgehead atoms. The number of carbonyl (C=O) groups excluding carboxylic acids is 2. The smallest absolute Gasteiger partial charge is 0.150 e. The van der Waals surface area contributed by atoms with E-state index in [1.54, 1.807) is 18.2 Å². The van der Waals surface area contributed by atoms with Gasteiger partial charge in [-0.1, -0.05) is 66.7 Å². The van der Waals surface area contributed by atoms with Crippen molar-refractivity contribution >= 4 is 12.6 Å². The van der Waals surface area contributed by atoms with Crippen LogP contribution in [0.3, 0.4) is 0 Å². The summed E-state index contributed by atoms with van der Waals surface area (Å²) in [5, 5.41) is 0. The number of hydrogen-bond acceptors (Lipinski definition) is 2. The molecule has 112 valence electrons. The largest absolute Gasteiger partial charge is 0.298 e. The Labute approximate surface area is 135 Å². The highest BCUT2D eigenvalue weighted by atomic mass is 16.1. The van der Waals surface area contributed by atoms with Crippen molar-refractivity contribution in [1.29, 1.82) is 0 Å². The minimum absolute atomic E-state index is 0.524. The summed E-state index contributed by atoms with van der Waals surface area (Å²) in [5.74, 6) is 0. The van der Waals surface area contributed by atoms with Crippen LogP contribution in [0.25, 0.3) is 22.3 Å². The highest BCUT2D eigenvalue weighted by molar-refractivity contribution is 6.00. The zero-order chi connectivity index (χ0) is 16.2. The van der Waals surface area contributed by atoms with Crippen LogP contribution in [0.15, 0.2) is 66.7 Å². The molecular weight excluding hydrogens is 284 g/mol.